The van der Waals surface area contributed by atoms with E-state index >= 15 is 0 Å². The van der Waals surface area contributed by atoms with Crippen molar-refractivity contribution in [2.45, 2.75) is 58.0 Å². The number of hydrogen-bond donors (Lipinski definition) is 1. The van der Waals surface area contributed by atoms with Gasteiger partial charge in [-0.05, 0) is 39.0 Å². The molecule has 0 aromatic rings. The summed E-state index contributed by atoms with van der Waals surface area (Å²) in [5.74, 6) is 0.644. The highest BCUT2D eigenvalue weighted by molar-refractivity contribution is 5.97. The molecule has 1 saturated heterocycles. The topological polar surface area (TPSA) is 49.4 Å². The molecule has 0 aromatic carbocycles. The summed E-state index contributed by atoms with van der Waals surface area (Å²) in [4.78, 5) is 25.9. The zero-order valence-electron chi connectivity index (χ0n) is 11.0. The fraction of sp³-hybridized carbons (Fsp3) is 0.846. The monoisotopic (exact) mass is 238 g/mol. The normalized spacial score (nSPS) is 32.1. The number of rotatable bonds is 3. The Morgan fingerprint density at radius 3 is 2.59 bits per heavy atom. The average Bonchev–Trinajstić information content (AvgIpc) is 2.20. The fourth-order valence-electron chi connectivity index (χ4n) is 2.69. The predicted octanol–water partition coefficient (Wildman–Crippen LogP) is 1.30. The van der Waals surface area contributed by atoms with Crippen molar-refractivity contribution in [2.75, 3.05) is 6.54 Å². The maximum atomic E-state index is 12.4. The van der Waals surface area contributed by atoms with E-state index in [1.165, 1.54) is 19.3 Å². The van der Waals surface area contributed by atoms with Crippen molar-refractivity contribution in [1.29, 1.82) is 0 Å². The Bertz CT molecular complexity index is 338. The van der Waals surface area contributed by atoms with Crippen LogP contribution in [0.5, 0.6) is 0 Å². The van der Waals surface area contributed by atoms with Crippen LogP contribution in [0.1, 0.15) is 46.5 Å². The first-order valence-corrected chi connectivity index (χ1v) is 6.60. The van der Waals surface area contributed by atoms with Crippen molar-refractivity contribution in [3.63, 3.8) is 0 Å². The van der Waals surface area contributed by atoms with Crippen molar-refractivity contribution in [3.8, 4) is 0 Å². The summed E-state index contributed by atoms with van der Waals surface area (Å²) < 4.78 is 0. The molecule has 0 aromatic heterocycles. The molecule has 1 heterocycles. The van der Waals surface area contributed by atoms with Gasteiger partial charge in [-0.2, -0.15) is 0 Å². The van der Waals surface area contributed by atoms with Gasteiger partial charge in [0.05, 0.1) is 6.54 Å². The first kappa shape index (κ1) is 12.4. The molecule has 1 aliphatic heterocycles. The Balaban J connectivity index is 2.15. The molecule has 2 atom stereocenters. The highest BCUT2D eigenvalue weighted by Gasteiger charge is 2.44. The van der Waals surface area contributed by atoms with E-state index in [4.69, 9.17) is 0 Å². The van der Waals surface area contributed by atoms with Crippen LogP contribution in [0.25, 0.3) is 0 Å². The highest BCUT2D eigenvalue weighted by Crippen LogP contribution is 2.33. The first-order chi connectivity index (χ1) is 7.98. The van der Waals surface area contributed by atoms with E-state index < -0.39 is 5.54 Å². The van der Waals surface area contributed by atoms with Gasteiger partial charge in [-0.15, -0.1) is 0 Å². The Kier molecular flexibility index (Phi) is 3.15. The van der Waals surface area contributed by atoms with Crippen LogP contribution in [0.3, 0.4) is 0 Å². The second-order valence-electron chi connectivity index (χ2n) is 5.60. The SMILES string of the molecule is CCC1(C)NC(=O)CN(C(C)C2CCC2)C1=O. The van der Waals surface area contributed by atoms with E-state index in [2.05, 4.69) is 12.2 Å². The maximum Gasteiger partial charge on any atom is 0.248 e. The predicted molar refractivity (Wildman–Crippen MR) is 65.4 cm³/mol. The third kappa shape index (κ3) is 2.05. The summed E-state index contributed by atoms with van der Waals surface area (Å²) in [5, 5.41) is 2.82. The fourth-order valence-corrected chi connectivity index (χ4v) is 2.69. The molecule has 0 spiro atoms. The van der Waals surface area contributed by atoms with Crippen LogP contribution in [0.2, 0.25) is 0 Å². The van der Waals surface area contributed by atoms with Crippen LogP contribution in [0.4, 0.5) is 0 Å². The minimum absolute atomic E-state index is 0.0277. The number of nitrogens with one attached hydrogen (secondary N) is 1. The van der Waals surface area contributed by atoms with Gasteiger partial charge in [0.25, 0.3) is 0 Å². The number of carbonyl (C=O) groups is 2. The number of hydrogen-bond acceptors (Lipinski definition) is 2. The molecule has 17 heavy (non-hydrogen) atoms. The van der Waals surface area contributed by atoms with E-state index in [1.54, 1.807) is 4.90 Å². The molecule has 1 aliphatic carbocycles. The van der Waals surface area contributed by atoms with Crippen LogP contribution in [0.15, 0.2) is 0 Å². The number of carbonyl (C=O) groups excluding carboxylic acids is 2. The molecule has 2 aliphatic rings. The zero-order chi connectivity index (χ0) is 12.6. The van der Waals surface area contributed by atoms with Crippen molar-refractivity contribution in [3.05, 3.63) is 0 Å². The second-order valence-corrected chi connectivity index (χ2v) is 5.60. The lowest BCUT2D eigenvalue weighted by Gasteiger charge is -2.46. The summed E-state index contributed by atoms with van der Waals surface area (Å²) in [6, 6.07) is 0.202. The van der Waals surface area contributed by atoms with Crippen LogP contribution >= 0.6 is 0 Å². The van der Waals surface area contributed by atoms with E-state index in [1.807, 2.05) is 13.8 Å². The largest absolute Gasteiger partial charge is 0.340 e. The van der Waals surface area contributed by atoms with Crippen molar-refractivity contribution in [1.82, 2.24) is 10.2 Å². The van der Waals surface area contributed by atoms with Crippen LogP contribution in [-0.2, 0) is 9.59 Å². The maximum absolute atomic E-state index is 12.4. The lowest BCUT2D eigenvalue weighted by atomic mass is 9.79. The number of piperazine rings is 1. The zero-order valence-corrected chi connectivity index (χ0v) is 11.0. The third-order valence-electron chi connectivity index (χ3n) is 4.49. The quantitative estimate of drug-likeness (QED) is 0.805. The lowest BCUT2D eigenvalue weighted by molar-refractivity contribution is -0.153. The van der Waals surface area contributed by atoms with Crippen LogP contribution < -0.4 is 5.32 Å². The Morgan fingerprint density at radius 1 is 1.47 bits per heavy atom. The van der Waals surface area contributed by atoms with Gasteiger partial charge in [0.2, 0.25) is 11.8 Å². The van der Waals surface area contributed by atoms with Gasteiger partial charge in [-0.3, -0.25) is 9.59 Å². The Hall–Kier alpha value is -1.06. The first-order valence-electron chi connectivity index (χ1n) is 6.60. The Labute approximate surface area is 103 Å². The van der Waals surface area contributed by atoms with Crippen LogP contribution in [-0.4, -0.2) is 34.8 Å². The molecule has 2 fully saturated rings. The minimum atomic E-state index is -0.701. The molecule has 1 saturated carbocycles. The number of nitrogens with zero attached hydrogens (tertiary/aromatic N) is 1. The Morgan fingerprint density at radius 2 is 2.12 bits per heavy atom. The van der Waals surface area contributed by atoms with Gasteiger partial charge in [0, 0.05) is 6.04 Å². The standard InChI is InChI=1S/C13H22N2O2/c1-4-13(3)12(17)15(8-11(16)14-13)9(2)10-6-5-7-10/h9-10H,4-8H2,1-3H3,(H,14,16). The molecular formula is C13H22N2O2. The lowest BCUT2D eigenvalue weighted by Crippen LogP contribution is -2.67. The molecule has 2 unspecified atom stereocenters. The molecule has 0 bridgehead atoms. The van der Waals surface area contributed by atoms with Crippen molar-refractivity contribution >= 4 is 11.8 Å². The van der Waals surface area contributed by atoms with E-state index in [-0.39, 0.29) is 24.4 Å². The summed E-state index contributed by atoms with van der Waals surface area (Å²) in [6.45, 7) is 6.07. The smallest absolute Gasteiger partial charge is 0.248 e. The molecular weight excluding hydrogens is 216 g/mol. The second kappa shape index (κ2) is 4.31. The minimum Gasteiger partial charge on any atom is -0.340 e. The molecule has 0 radical (unpaired) electrons. The van der Waals surface area contributed by atoms with E-state index in [0.717, 1.165) is 0 Å². The summed E-state index contributed by atoms with van der Waals surface area (Å²) in [6.07, 6.45) is 4.28. The molecule has 2 amide bonds. The van der Waals surface area contributed by atoms with Gasteiger partial charge in [0.15, 0.2) is 0 Å². The van der Waals surface area contributed by atoms with Gasteiger partial charge in [-0.25, -0.2) is 0 Å². The summed E-state index contributed by atoms with van der Waals surface area (Å²) in [7, 11) is 0. The van der Waals surface area contributed by atoms with Crippen molar-refractivity contribution < 1.29 is 9.59 Å². The summed E-state index contributed by atoms with van der Waals surface area (Å²) in [5.41, 5.74) is -0.701. The highest BCUT2D eigenvalue weighted by atomic mass is 16.2. The van der Waals surface area contributed by atoms with Gasteiger partial charge < -0.3 is 10.2 Å². The molecule has 4 heteroatoms. The molecule has 1 N–H and O–H groups in total. The molecule has 96 valence electrons. The average molecular weight is 238 g/mol. The summed E-state index contributed by atoms with van der Waals surface area (Å²) >= 11 is 0. The van der Waals surface area contributed by atoms with E-state index in [0.29, 0.717) is 12.3 Å². The molecule has 4 nitrogen and oxygen atoms in total. The third-order valence-corrected chi connectivity index (χ3v) is 4.49. The van der Waals surface area contributed by atoms with Gasteiger partial charge in [0.1, 0.15) is 5.54 Å². The van der Waals surface area contributed by atoms with Crippen LogP contribution in [0, 0.1) is 5.92 Å². The van der Waals surface area contributed by atoms with Gasteiger partial charge in [-0.1, -0.05) is 13.3 Å². The van der Waals surface area contributed by atoms with Crippen molar-refractivity contribution in [2.24, 2.45) is 5.92 Å². The van der Waals surface area contributed by atoms with Gasteiger partial charge >= 0.3 is 0 Å². The van der Waals surface area contributed by atoms with E-state index in [9.17, 15) is 9.59 Å². The molecule has 2 rings (SSSR count). The number of amides is 2.